The zero-order chi connectivity index (χ0) is 19.6. The van der Waals surface area contributed by atoms with Crippen molar-refractivity contribution in [3.05, 3.63) is 27.7 Å². The fraction of sp³-hybridized carbons (Fsp3) is 0.500. The third-order valence-corrected chi connectivity index (χ3v) is 4.91. The van der Waals surface area contributed by atoms with Gasteiger partial charge in [-0.3, -0.25) is 9.48 Å². The molecule has 26 heavy (non-hydrogen) atoms. The number of methoxy groups -OCH3 is 1. The molecule has 1 amide bonds. The molecule has 0 saturated heterocycles. The van der Waals surface area contributed by atoms with E-state index < -0.39 is 23.7 Å². The Kier molecular flexibility index (Phi) is 6.23. The molecule has 0 spiro atoms. The highest BCUT2D eigenvalue weighted by molar-refractivity contribution is 7.10. The van der Waals surface area contributed by atoms with Crippen molar-refractivity contribution < 1.29 is 22.7 Å². The quantitative estimate of drug-likeness (QED) is 0.664. The van der Waals surface area contributed by atoms with Crippen molar-refractivity contribution in [2.75, 3.05) is 17.9 Å². The molecule has 0 aliphatic heterocycles. The number of carbonyl (C=O) groups is 1. The van der Waals surface area contributed by atoms with Gasteiger partial charge in [-0.2, -0.15) is 18.3 Å². The van der Waals surface area contributed by atoms with E-state index in [1.165, 1.54) is 30.2 Å². The Bertz CT molecular complexity index is 786. The summed E-state index contributed by atoms with van der Waals surface area (Å²) in [5, 5.41) is 5.38. The van der Waals surface area contributed by atoms with Gasteiger partial charge in [0.15, 0.2) is 5.69 Å². The van der Waals surface area contributed by atoms with Crippen LogP contribution in [0.4, 0.5) is 18.9 Å². The molecular formula is C16H19ClF3N3O2S. The fourth-order valence-corrected chi connectivity index (χ4v) is 3.74. The number of aryl methyl sites for hydroxylation is 1. The first kappa shape index (κ1) is 20.6. The highest BCUT2D eigenvalue weighted by Crippen LogP contribution is 2.41. The number of amides is 1. The lowest BCUT2D eigenvalue weighted by atomic mass is 10.1. The Morgan fingerprint density at radius 2 is 2.12 bits per heavy atom. The number of nitrogens with zero attached hydrogens (tertiary/aromatic N) is 3. The number of anilines is 1. The zero-order valence-electron chi connectivity index (χ0n) is 14.7. The standard InChI is InChI=1S/C16H19ClF3N3O2S/c1-9(2)13-14(15(16(18,19)20)21-22(13)3)23(12(24)7-17)8-11-10(25-4)5-6-26-11/h5-6,9H,7-8H2,1-4H3. The Hall–Kier alpha value is -1.74. The van der Waals surface area contributed by atoms with E-state index >= 15 is 0 Å². The molecule has 5 nitrogen and oxygen atoms in total. The Morgan fingerprint density at radius 1 is 1.46 bits per heavy atom. The van der Waals surface area contributed by atoms with E-state index in [9.17, 15) is 18.0 Å². The van der Waals surface area contributed by atoms with Crippen LogP contribution >= 0.6 is 22.9 Å². The van der Waals surface area contributed by atoms with Crippen LogP contribution in [0, 0.1) is 0 Å². The lowest BCUT2D eigenvalue weighted by molar-refractivity contribution is -0.141. The van der Waals surface area contributed by atoms with Gasteiger partial charge < -0.3 is 9.64 Å². The van der Waals surface area contributed by atoms with Crippen molar-refractivity contribution in [3.8, 4) is 5.75 Å². The van der Waals surface area contributed by atoms with E-state index in [4.69, 9.17) is 16.3 Å². The lowest BCUT2D eigenvalue weighted by Gasteiger charge is -2.25. The maximum absolute atomic E-state index is 13.6. The third kappa shape index (κ3) is 3.98. The Labute approximate surface area is 158 Å². The summed E-state index contributed by atoms with van der Waals surface area (Å²) in [6.45, 7) is 3.41. The van der Waals surface area contributed by atoms with E-state index in [1.54, 1.807) is 25.3 Å². The van der Waals surface area contributed by atoms with Crippen LogP contribution in [0.3, 0.4) is 0 Å². The van der Waals surface area contributed by atoms with Gasteiger partial charge >= 0.3 is 6.18 Å². The number of hydrogen-bond acceptors (Lipinski definition) is 4. The van der Waals surface area contributed by atoms with Crippen LogP contribution in [0.15, 0.2) is 11.4 Å². The molecule has 0 N–H and O–H groups in total. The summed E-state index contributed by atoms with van der Waals surface area (Å²) < 4.78 is 47.1. The molecule has 0 unspecified atom stereocenters. The molecule has 0 aliphatic rings. The van der Waals surface area contributed by atoms with Gasteiger partial charge in [0.25, 0.3) is 0 Å². The molecule has 0 aromatic carbocycles. The van der Waals surface area contributed by atoms with E-state index in [-0.39, 0.29) is 18.2 Å². The summed E-state index contributed by atoms with van der Waals surface area (Å²) in [4.78, 5) is 14.1. The molecule has 2 rings (SSSR count). The second kappa shape index (κ2) is 7.87. The monoisotopic (exact) mass is 409 g/mol. The van der Waals surface area contributed by atoms with Gasteiger partial charge in [0, 0.05) is 7.05 Å². The van der Waals surface area contributed by atoms with Crippen molar-refractivity contribution in [1.29, 1.82) is 0 Å². The first-order chi connectivity index (χ1) is 12.1. The zero-order valence-corrected chi connectivity index (χ0v) is 16.3. The molecule has 0 bridgehead atoms. The maximum Gasteiger partial charge on any atom is 0.437 e. The number of rotatable bonds is 6. The van der Waals surface area contributed by atoms with Crippen molar-refractivity contribution in [2.24, 2.45) is 7.05 Å². The molecular weight excluding hydrogens is 391 g/mol. The molecule has 2 aromatic rings. The summed E-state index contributed by atoms with van der Waals surface area (Å²) >= 11 is 6.98. The van der Waals surface area contributed by atoms with Gasteiger partial charge in [-0.15, -0.1) is 22.9 Å². The van der Waals surface area contributed by atoms with E-state index in [2.05, 4.69) is 5.10 Å². The number of halogens is 4. The van der Waals surface area contributed by atoms with Crippen LogP contribution in [0.5, 0.6) is 5.75 Å². The van der Waals surface area contributed by atoms with Gasteiger partial charge in [0.05, 0.1) is 29.9 Å². The van der Waals surface area contributed by atoms with Crippen molar-refractivity contribution in [1.82, 2.24) is 9.78 Å². The minimum atomic E-state index is -4.70. The average Bonchev–Trinajstić information content (AvgIpc) is 3.14. The first-order valence-electron chi connectivity index (χ1n) is 7.72. The second-order valence-corrected chi connectivity index (χ2v) is 7.15. The molecule has 144 valence electrons. The molecule has 0 fully saturated rings. The van der Waals surface area contributed by atoms with E-state index in [0.717, 1.165) is 4.90 Å². The number of alkyl halides is 4. The number of ether oxygens (including phenoxy) is 1. The predicted octanol–water partition coefficient (Wildman–Crippen LogP) is 4.40. The lowest BCUT2D eigenvalue weighted by Crippen LogP contribution is -2.33. The predicted molar refractivity (Wildman–Crippen MR) is 95.1 cm³/mol. The van der Waals surface area contributed by atoms with Gasteiger partial charge in [0.1, 0.15) is 11.6 Å². The number of aromatic nitrogens is 2. The minimum Gasteiger partial charge on any atom is -0.496 e. The SMILES string of the molecule is COc1ccsc1CN(C(=O)CCl)c1c(C(F)(F)F)nn(C)c1C(C)C. The highest BCUT2D eigenvalue weighted by Gasteiger charge is 2.42. The summed E-state index contributed by atoms with van der Waals surface area (Å²) in [6.07, 6.45) is -4.70. The van der Waals surface area contributed by atoms with Crippen LogP contribution in [0.2, 0.25) is 0 Å². The van der Waals surface area contributed by atoms with Crippen LogP contribution < -0.4 is 9.64 Å². The minimum absolute atomic E-state index is 0.0825. The summed E-state index contributed by atoms with van der Waals surface area (Å²) in [7, 11) is 2.90. The fourth-order valence-electron chi connectivity index (χ4n) is 2.76. The van der Waals surface area contributed by atoms with E-state index in [1.807, 2.05) is 0 Å². The van der Waals surface area contributed by atoms with Crippen molar-refractivity contribution in [3.63, 3.8) is 0 Å². The number of thiophene rings is 1. The molecule has 0 radical (unpaired) electrons. The summed E-state index contributed by atoms with van der Waals surface area (Å²) in [5.41, 5.74) is -1.04. The summed E-state index contributed by atoms with van der Waals surface area (Å²) in [6, 6.07) is 1.70. The molecule has 0 atom stereocenters. The molecule has 0 saturated carbocycles. The maximum atomic E-state index is 13.6. The number of hydrogen-bond donors (Lipinski definition) is 0. The van der Waals surface area contributed by atoms with Crippen LogP contribution in [-0.4, -0.2) is 28.7 Å². The van der Waals surface area contributed by atoms with Crippen LogP contribution in [0.1, 0.15) is 36.0 Å². The molecule has 2 heterocycles. The third-order valence-electron chi connectivity index (χ3n) is 3.79. The van der Waals surface area contributed by atoms with Gasteiger partial charge in [0.2, 0.25) is 5.91 Å². The summed E-state index contributed by atoms with van der Waals surface area (Å²) in [5.74, 6) is -0.861. The Morgan fingerprint density at radius 3 is 2.62 bits per heavy atom. The van der Waals surface area contributed by atoms with Crippen molar-refractivity contribution in [2.45, 2.75) is 32.5 Å². The van der Waals surface area contributed by atoms with Crippen molar-refractivity contribution >= 4 is 34.5 Å². The topological polar surface area (TPSA) is 47.4 Å². The molecule has 2 aromatic heterocycles. The van der Waals surface area contributed by atoms with Crippen LogP contribution in [0.25, 0.3) is 0 Å². The largest absolute Gasteiger partial charge is 0.496 e. The molecule has 0 aliphatic carbocycles. The molecule has 10 heteroatoms. The van der Waals surface area contributed by atoms with Gasteiger partial charge in [-0.05, 0) is 17.4 Å². The van der Waals surface area contributed by atoms with E-state index in [0.29, 0.717) is 16.3 Å². The van der Waals surface area contributed by atoms with Gasteiger partial charge in [-0.25, -0.2) is 0 Å². The van der Waals surface area contributed by atoms with Gasteiger partial charge in [-0.1, -0.05) is 13.8 Å². The first-order valence-corrected chi connectivity index (χ1v) is 9.14. The average molecular weight is 410 g/mol. The van der Waals surface area contributed by atoms with Crippen LogP contribution in [-0.2, 0) is 24.6 Å². The number of carbonyl (C=O) groups excluding carboxylic acids is 1. The normalized spacial score (nSPS) is 11.9. The Balaban J connectivity index is 2.66. The smallest absolute Gasteiger partial charge is 0.437 e. The second-order valence-electron chi connectivity index (χ2n) is 5.88. The highest BCUT2D eigenvalue weighted by atomic mass is 35.5.